The minimum absolute atomic E-state index is 0.187. The van der Waals surface area contributed by atoms with Gasteiger partial charge in [-0.2, -0.15) is 0 Å². The van der Waals surface area contributed by atoms with E-state index in [2.05, 4.69) is 16.8 Å². The molecule has 6 heteroatoms. The van der Waals surface area contributed by atoms with Gasteiger partial charge < -0.3 is 14.4 Å². The number of anilines is 1. The molecule has 2 aromatic heterocycles. The largest absolute Gasteiger partial charge is 0.352 e. The molecular formula is C16H21FN4O. The van der Waals surface area contributed by atoms with Crippen molar-refractivity contribution in [2.75, 3.05) is 37.6 Å². The van der Waals surface area contributed by atoms with E-state index in [1.807, 2.05) is 16.4 Å². The number of halogens is 1. The third-order valence-electron chi connectivity index (χ3n) is 4.34. The minimum atomic E-state index is -0.414. The van der Waals surface area contributed by atoms with Crippen LogP contribution in [-0.2, 0) is 6.54 Å². The van der Waals surface area contributed by atoms with Crippen molar-refractivity contribution in [2.45, 2.75) is 20.4 Å². The SMILES string of the molecule is CCN1CCN(c2nc3c(cc2F)c(=O)ccn3CC)CC1. The Morgan fingerprint density at radius 1 is 1.18 bits per heavy atom. The van der Waals surface area contributed by atoms with Crippen molar-refractivity contribution in [1.29, 1.82) is 0 Å². The Labute approximate surface area is 129 Å². The van der Waals surface area contributed by atoms with Crippen LogP contribution in [0.1, 0.15) is 13.8 Å². The highest BCUT2D eigenvalue weighted by Crippen LogP contribution is 2.22. The summed E-state index contributed by atoms with van der Waals surface area (Å²) in [5.41, 5.74) is 0.373. The third-order valence-corrected chi connectivity index (χ3v) is 4.34. The molecule has 3 rings (SSSR count). The second-order valence-corrected chi connectivity index (χ2v) is 5.55. The van der Waals surface area contributed by atoms with E-state index in [1.165, 1.54) is 12.1 Å². The van der Waals surface area contributed by atoms with Crippen molar-refractivity contribution in [3.8, 4) is 0 Å². The van der Waals surface area contributed by atoms with E-state index in [4.69, 9.17) is 0 Å². The molecule has 0 saturated carbocycles. The Morgan fingerprint density at radius 2 is 1.91 bits per heavy atom. The van der Waals surface area contributed by atoms with Crippen molar-refractivity contribution in [3.05, 3.63) is 34.4 Å². The molecule has 1 aliphatic rings. The number of hydrogen-bond acceptors (Lipinski definition) is 4. The Morgan fingerprint density at radius 3 is 2.55 bits per heavy atom. The summed E-state index contributed by atoms with van der Waals surface area (Å²) in [7, 11) is 0. The van der Waals surface area contributed by atoms with Gasteiger partial charge in [0.2, 0.25) is 0 Å². The van der Waals surface area contributed by atoms with Crippen LogP contribution in [-0.4, -0.2) is 47.2 Å². The topological polar surface area (TPSA) is 41.4 Å². The van der Waals surface area contributed by atoms with Crippen molar-refractivity contribution < 1.29 is 4.39 Å². The maximum atomic E-state index is 14.4. The summed E-state index contributed by atoms with van der Waals surface area (Å²) in [6.45, 7) is 9.14. The minimum Gasteiger partial charge on any atom is -0.352 e. The summed E-state index contributed by atoms with van der Waals surface area (Å²) < 4.78 is 16.3. The van der Waals surface area contributed by atoms with Gasteiger partial charge in [0, 0.05) is 45.0 Å². The zero-order valence-corrected chi connectivity index (χ0v) is 13.0. The van der Waals surface area contributed by atoms with Crippen LogP contribution >= 0.6 is 0 Å². The second kappa shape index (κ2) is 6.04. The predicted octanol–water partition coefficient (Wildman–Crippen LogP) is 1.70. The van der Waals surface area contributed by atoms with E-state index in [0.29, 0.717) is 23.4 Å². The van der Waals surface area contributed by atoms with Crippen molar-refractivity contribution >= 4 is 16.9 Å². The lowest BCUT2D eigenvalue weighted by atomic mass is 10.2. The van der Waals surface area contributed by atoms with E-state index in [1.54, 1.807) is 6.20 Å². The van der Waals surface area contributed by atoms with Gasteiger partial charge in [-0.15, -0.1) is 0 Å². The zero-order valence-electron chi connectivity index (χ0n) is 13.0. The van der Waals surface area contributed by atoms with Crippen LogP contribution < -0.4 is 10.3 Å². The van der Waals surface area contributed by atoms with Crippen LogP contribution in [0, 0.1) is 5.82 Å². The van der Waals surface area contributed by atoms with Crippen LogP contribution in [0.5, 0.6) is 0 Å². The summed E-state index contributed by atoms with van der Waals surface area (Å²) >= 11 is 0. The summed E-state index contributed by atoms with van der Waals surface area (Å²) in [6.07, 6.45) is 1.72. The molecule has 5 nitrogen and oxygen atoms in total. The molecule has 118 valence electrons. The van der Waals surface area contributed by atoms with Crippen LogP contribution in [0.4, 0.5) is 10.2 Å². The smallest absolute Gasteiger partial charge is 0.191 e. The van der Waals surface area contributed by atoms with E-state index >= 15 is 0 Å². The molecular weight excluding hydrogens is 283 g/mol. The monoisotopic (exact) mass is 304 g/mol. The number of hydrogen-bond donors (Lipinski definition) is 0. The Hall–Kier alpha value is -1.95. The second-order valence-electron chi connectivity index (χ2n) is 5.55. The summed E-state index contributed by atoms with van der Waals surface area (Å²) in [5, 5.41) is 0.345. The molecule has 0 aliphatic carbocycles. The highest BCUT2D eigenvalue weighted by molar-refractivity contribution is 5.77. The lowest BCUT2D eigenvalue weighted by molar-refractivity contribution is 0.269. The molecule has 2 aromatic rings. The van der Waals surface area contributed by atoms with Gasteiger partial charge in [0.1, 0.15) is 5.65 Å². The normalized spacial score (nSPS) is 16.4. The maximum Gasteiger partial charge on any atom is 0.191 e. The van der Waals surface area contributed by atoms with Crippen LogP contribution in [0.25, 0.3) is 11.0 Å². The molecule has 0 spiro atoms. The number of nitrogens with zero attached hydrogens (tertiary/aromatic N) is 4. The molecule has 0 radical (unpaired) electrons. The van der Waals surface area contributed by atoms with Gasteiger partial charge in [0.05, 0.1) is 5.39 Å². The Bertz CT molecular complexity index is 735. The number of aromatic nitrogens is 2. The standard InChI is InChI=1S/C16H21FN4O/c1-3-19-7-9-21(10-8-19)16-13(17)11-12-14(22)5-6-20(4-2)15(12)18-16/h5-6,11H,3-4,7-10H2,1-2H3. The quantitative estimate of drug-likeness (QED) is 0.865. The van der Waals surface area contributed by atoms with E-state index in [-0.39, 0.29) is 5.43 Å². The third kappa shape index (κ3) is 2.59. The van der Waals surface area contributed by atoms with Crippen molar-refractivity contribution in [1.82, 2.24) is 14.5 Å². The average Bonchev–Trinajstić information content (AvgIpc) is 2.55. The van der Waals surface area contributed by atoms with Gasteiger partial charge in [0.25, 0.3) is 0 Å². The lowest BCUT2D eigenvalue weighted by Crippen LogP contribution is -2.46. The van der Waals surface area contributed by atoms with E-state index in [9.17, 15) is 9.18 Å². The van der Waals surface area contributed by atoms with Gasteiger partial charge in [-0.1, -0.05) is 6.92 Å². The maximum absolute atomic E-state index is 14.4. The molecule has 0 aromatic carbocycles. The first kappa shape index (κ1) is 15.0. The van der Waals surface area contributed by atoms with E-state index in [0.717, 1.165) is 32.7 Å². The van der Waals surface area contributed by atoms with Crippen LogP contribution in [0.3, 0.4) is 0 Å². The summed E-state index contributed by atoms with van der Waals surface area (Å²) in [4.78, 5) is 20.7. The van der Waals surface area contributed by atoms with Crippen molar-refractivity contribution in [3.63, 3.8) is 0 Å². The van der Waals surface area contributed by atoms with Gasteiger partial charge in [-0.05, 0) is 19.5 Å². The molecule has 0 atom stereocenters. The van der Waals surface area contributed by atoms with E-state index < -0.39 is 5.82 Å². The number of aryl methyl sites for hydroxylation is 1. The number of piperazine rings is 1. The number of pyridine rings is 2. The Kier molecular flexibility index (Phi) is 4.11. The summed E-state index contributed by atoms with van der Waals surface area (Å²) in [6, 6.07) is 2.80. The molecule has 1 fully saturated rings. The molecule has 1 saturated heterocycles. The first-order valence-corrected chi connectivity index (χ1v) is 7.81. The molecule has 0 unspecified atom stereocenters. The molecule has 22 heavy (non-hydrogen) atoms. The predicted molar refractivity (Wildman–Crippen MR) is 86.0 cm³/mol. The number of rotatable bonds is 3. The van der Waals surface area contributed by atoms with Crippen LogP contribution in [0.15, 0.2) is 23.1 Å². The fourth-order valence-corrected chi connectivity index (χ4v) is 2.94. The number of fused-ring (bicyclic) bond motifs is 1. The fourth-order valence-electron chi connectivity index (χ4n) is 2.94. The van der Waals surface area contributed by atoms with Gasteiger partial charge in [0.15, 0.2) is 17.1 Å². The molecule has 0 amide bonds. The Balaban J connectivity index is 2.04. The molecule has 0 bridgehead atoms. The van der Waals surface area contributed by atoms with Crippen LogP contribution in [0.2, 0.25) is 0 Å². The first-order valence-electron chi connectivity index (χ1n) is 7.81. The molecule has 1 aliphatic heterocycles. The van der Waals surface area contributed by atoms with Crippen molar-refractivity contribution in [2.24, 2.45) is 0 Å². The molecule has 0 N–H and O–H groups in total. The van der Waals surface area contributed by atoms with Gasteiger partial charge in [-0.3, -0.25) is 4.79 Å². The first-order chi connectivity index (χ1) is 10.6. The lowest BCUT2D eigenvalue weighted by Gasteiger charge is -2.35. The van der Waals surface area contributed by atoms with Gasteiger partial charge >= 0.3 is 0 Å². The zero-order chi connectivity index (χ0) is 15.7. The average molecular weight is 304 g/mol. The van der Waals surface area contributed by atoms with Gasteiger partial charge in [-0.25, -0.2) is 9.37 Å². The molecule has 3 heterocycles. The summed E-state index contributed by atoms with van der Waals surface area (Å²) in [5.74, 6) is -0.0561. The highest BCUT2D eigenvalue weighted by Gasteiger charge is 2.21. The highest BCUT2D eigenvalue weighted by atomic mass is 19.1. The number of likely N-dealkylation sites (N-methyl/N-ethyl adjacent to an activating group) is 1. The fraction of sp³-hybridized carbons (Fsp3) is 0.500.